The fourth-order valence-electron chi connectivity index (χ4n) is 2.57. The Labute approximate surface area is 160 Å². The van der Waals surface area contributed by atoms with Gasteiger partial charge in [-0.05, 0) is 43.2 Å². The number of hydrogen-bond donors (Lipinski definition) is 3. The first-order valence-electron chi connectivity index (χ1n) is 8.69. The molecule has 2 rings (SSSR count). The minimum absolute atomic E-state index is 0.122. The Morgan fingerprint density at radius 1 is 1.11 bits per heavy atom. The van der Waals surface area contributed by atoms with Crippen molar-refractivity contribution in [2.45, 2.75) is 24.7 Å². The summed E-state index contributed by atoms with van der Waals surface area (Å²) < 4.78 is 25.9. The highest BCUT2D eigenvalue weighted by Gasteiger charge is 2.19. The Bertz CT molecular complexity index is 911. The van der Waals surface area contributed by atoms with Gasteiger partial charge < -0.3 is 16.4 Å². The number of nitrogens with one attached hydrogen (secondary N) is 2. The molecule has 0 aliphatic rings. The Morgan fingerprint density at radius 3 is 2.44 bits per heavy atom. The highest BCUT2D eigenvalue weighted by atomic mass is 32.2. The maximum atomic E-state index is 12.4. The number of nitrogen functional groups attached to an aromatic ring is 1. The monoisotopic (exact) mass is 390 g/mol. The van der Waals surface area contributed by atoms with E-state index in [1.807, 2.05) is 25.1 Å². The molecule has 0 aromatic heterocycles. The van der Waals surface area contributed by atoms with E-state index in [1.54, 1.807) is 12.1 Å². The van der Waals surface area contributed by atoms with Crippen LogP contribution in [0.2, 0.25) is 0 Å². The second kappa shape index (κ2) is 8.88. The molecular formula is C19H26N4O3S. The van der Waals surface area contributed by atoms with E-state index < -0.39 is 10.0 Å². The van der Waals surface area contributed by atoms with Crippen molar-refractivity contribution in [1.82, 2.24) is 4.31 Å². The van der Waals surface area contributed by atoms with E-state index in [0.29, 0.717) is 30.0 Å². The first kappa shape index (κ1) is 20.7. The molecule has 0 saturated carbocycles. The molecule has 0 fully saturated rings. The van der Waals surface area contributed by atoms with Gasteiger partial charge in [-0.1, -0.05) is 18.2 Å². The molecule has 0 aliphatic carbocycles. The Morgan fingerprint density at radius 2 is 1.81 bits per heavy atom. The summed E-state index contributed by atoms with van der Waals surface area (Å²) in [6.07, 6.45) is 0.745. The molecule has 0 heterocycles. The Hall–Kier alpha value is -2.58. The predicted octanol–water partition coefficient (Wildman–Crippen LogP) is 2.52. The van der Waals surface area contributed by atoms with Crippen molar-refractivity contribution in [3.63, 3.8) is 0 Å². The first-order valence-corrected chi connectivity index (χ1v) is 10.1. The number of para-hydroxylation sites is 1. The van der Waals surface area contributed by atoms with Crippen molar-refractivity contribution in [2.75, 3.05) is 37.0 Å². The first-order chi connectivity index (χ1) is 12.8. The zero-order valence-corrected chi connectivity index (χ0v) is 16.6. The van der Waals surface area contributed by atoms with Gasteiger partial charge in [0, 0.05) is 32.7 Å². The van der Waals surface area contributed by atoms with Crippen molar-refractivity contribution in [3.05, 3.63) is 48.0 Å². The van der Waals surface area contributed by atoms with E-state index in [0.717, 1.165) is 9.87 Å². The number of aryl methyl sites for hydroxylation is 1. The molecule has 27 heavy (non-hydrogen) atoms. The Kier molecular flexibility index (Phi) is 6.81. The molecule has 8 heteroatoms. The van der Waals surface area contributed by atoms with Crippen LogP contribution >= 0.6 is 0 Å². The summed E-state index contributed by atoms with van der Waals surface area (Å²) in [4.78, 5) is 12.5. The number of hydrogen-bond acceptors (Lipinski definition) is 5. The molecular weight excluding hydrogens is 364 g/mol. The van der Waals surface area contributed by atoms with E-state index in [-0.39, 0.29) is 17.2 Å². The summed E-state index contributed by atoms with van der Waals surface area (Å²) in [7, 11) is -0.653. The van der Waals surface area contributed by atoms with Gasteiger partial charge in [0.15, 0.2) is 0 Å². The Balaban J connectivity index is 2.19. The topological polar surface area (TPSA) is 105 Å². The number of carbonyl (C=O) groups excluding carboxylic acids is 1. The SMILES string of the molecule is CCNc1ccc(S(=O)(=O)N(C)C)cc1NC(=O)CCc1ccccc1N. The lowest BCUT2D eigenvalue weighted by atomic mass is 10.1. The normalized spacial score (nSPS) is 11.4. The van der Waals surface area contributed by atoms with Gasteiger partial charge in [-0.15, -0.1) is 0 Å². The molecule has 0 aliphatic heterocycles. The van der Waals surface area contributed by atoms with E-state index in [9.17, 15) is 13.2 Å². The number of sulfonamides is 1. The zero-order valence-electron chi connectivity index (χ0n) is 15.8. The lowest BCUT2D eigenvalue weighted by Gasteiger charge is -2.16. The van der Waals surface area contributed by atoms with Crippen LogP contribution in [0.25, 0.3) is 0 Å². The number of carbonyl (C=O) groups is 1. The average molecular weight is 391 g/mol. The summed E-state index contributed by atoms with van der Waals surface area (Å²) >= 11 is 0. The lowest BCUT2D eigenvalue weighted by molar-refractivity contribution is -0.116. The largest absolute Gasteiger partial charge is 0.399 e. The number of anilines is 3. The number of rotatable bonds is 8. The van der Waals surface area contributed by atoms with Crippen molar-refractivity contribution >= 4 is 33.0 Å². The van der Waals surface area contributed by atoms with E-state index >= 15 is 0 Å². The molecule has 2 aromatic carbocycles. The molecule has 2 aromatic rings. The molecule has 0 bridgehead atoms. The van der Waals surface area contributed by atoms with Gasteiger partial charge in [0.2, 0.25) is 15.9 Å². The summed E-state index contributed by atoms with van der Waals surface area (Å²) in [5.74, 6) is -0.211. The van der Waals surface area contributed by atoms with Crippen LogP contribution < -0.4 is 16.4 Å². The molecule has 0 atom stereocenters. The van der Waals surface area contributed by atoms with Crippen LogP contribution in [0.3, 0.4) is 0 Å². The van der Waals surface area contributed by atoms with Crippen LogP contribution in [-0.2, 0) is 21.2 Å². The summed E-state index contributed by atoms with van der Waals surface area (Å²) in [5, 5.41) is 5.94. The third kappa shape index (κ3) is 5.21. The standard InChI is InChI=1S/C19H26N4O3S/c1-4-21-17-11-10-15(27(25,26)23(2)3)13-18(17)22-19(24)12-9-14-7-5-6-8-16(14)20/h5-8,10-11,13,21H,4,9,12,20H2,1-3H3,(H,22,24). The molecule has 0 unspecified atom stereocenters. The van der Waals surface area contributed by atoms with Crippen LogP contribution in [0.5, 0.6) is 0 Å². The molecule has 0 saturated heterocycles. The molecule has 146 valence electrons. The van der Waals surface area contributed by atoms with Crippen LogP contribution in [0.1, 0.15) is 18.9 Å². The van der Waals surface area contributed by atoms with Crippen LogP contribution in [0.4, 0.5) is 17.1 Å². The maximum absolute atomic E-state index is 12.4. The number of nitrogens with zero attached hydrogens (tertiary/aromatic N) is 1. The minimum atomic E-state index is -3.59. The molecule has 4 N–H and O–H groups in total. The van der Waals surface area contributed by atoms with Crippen LogP contribution in [-0.4, -0.2) is 39.3 Å². The van der Waals surface area contributed by atoms with Gasteiger partial charge in [0.25, 0.3) is 0 Å². The number of benzene rings is 2. The summed E-state index contributed by atoms with van der Waals surface area (Å²) in [6.45, 7) is 2.57. The van der Waals surface area contributed by atoms with Gasteiger partial charge >= 0.3 is 0 Å². The summed E-state index contributed by atoms with van der Waals surface area (Å²) in [6, 6.07) is 12.1. The zero-order chi connectivity index (χ0) is 20.0. The van der Waals surface area contributed by atoms with Crippen LogP contribution in [0, 0.1) is 0 Å². The third-order valence-electron chi connectivity index (χ3n) is 4.09. The van der Waals surface area contributed by atoms with Gasteiger partial charge in [-0.3, -0.25) is 4.79 Å². The highest BCUT2D eigenvalue weighted by Crippen LogP contribution is 2.27. The lowest BCUT2D eigenvalue weighted by Crippen LogP contribution is -2.22. The van der Waals surface area contributed by atoms with Gasteiger partial charge in [0.05, 0.1) is 16.3 Å². The molecule has 1 amide bonds. The number of amides is 1. The van der Waals surface area contributed by atoms with Gasteiger partial charge in [-0.2, -0.15) is 0 Å². The van der Waals surface area contributed by atoms with E-state index in [4.69, 9.17) is 5.73 Å². The van der Waals surface area contributed by atoms with E-state index in [2.05, 4.69) is 10.6 Å². The van der Waals surface area contributed by atoms with Crippen molar-refractivity contribution in [1.29, 1.82) is 0 Å². The maximum Gasteiger partial charge on any atom is 0.242 e. The predicted molar refractivity (Wildman–Crippen MR) is 109 cm³/mol. The van der Waals surface area contributed by atoms with E-state index in [1.165, 1.54) is 26.2 Å². The highest BCUT2D eigenvalue weighted by molar-refractivity contribution is 7.89. The fraction of sp³-hybridized carbons (Fsp3) is 0.316. The van der Waals surface area contributed by atoms with Crippen LogP contribution in [0.15, 0.2) is 47.4 Å². The van der Waals surface area contributed by atoms with Gasteiger partial charge in [0.1, 0.15) is 0 Å². The smallest absolute Gasteiger partial charge is 0.242 e. The minimum Gasteiger partial charge on any atom is -0.399 e. The number of nitrogens with two attached hydrogens (primary N) is 1. The van der Waals surface area contributed by atoms with Crippen molar-refractivity contribution in [3.8, 4) is 0 Å². The van der Waals surface area contributed by atoms with Crippen molar-refractivity contribution in [2.24, 2.45) is 0 Å². The molecule has 7 nitrogen and oxygen atoms in total. The van der Waals surface area contributed by atoms with Crippen molar-refractivity contribution < 1.29 is 13.2 Å². The quantitative estimate of drug-likeness (QED) is 0.601. The fourth-order valence-corrected chi connectivity index (χ4v) is 3.49. The third-order valence-corrected chi connectivity index (χ3v) is 5.90. The average Bonchev–Trinajstić information content (AvgIpc) is 2.62. The second-order valence-electron chi connectivity index (χ2n) is 6.27. The summed E-state index contributed by atoms with van der Waals surface area (Å²) in [5.41, 5.74) is 8.57. The second-order valence-corrected chi connectivity index (χ2v) is 8.42. The van der Waals surface area contributed by atoms with Gasteiger partial charge in [-0.25, -0.2) is 12.7 Å². The molecule has 0 spiro atoms. The molecule has 0 radical (unpaired) electrons.